The molecular weight excluding hydrogens is 260 g/mol. The van der Waals surface area contributed by atoms with Gasteiger partial charge in [0.05, 0.1) is 11.6 Å². The number of nitrogen functional groups attached to an aromatic ring is 1. The van der Waals surface area contributed by atoms with E-state index in [1.54, 1.807) is 17.5 Å². The Kier molecular flexibility index (Phi) is 2.79. The molecule has 0 amide bonds. The highest BCUT2D eigenvalue weighted by molar-refractivity contribution is 7.18. The molecule has 3 aromatic rings. The fraction of sp³-hybridized carbons (Fsp3) is 0.154. The highest BCUT2D eigenvalue weighted by Gasteiger charge is 2.11. The Morgan fingerprint density at radius 3 is 2.79 bits per heavy atom. The third-order valence-corrected chi connectivity index (χ3v) is 3.54. The standard InChI is InChI=1S/C13H12N4OS/c1-7-3-4-9(6-15-7)18-11-10-5-8(2)19-12(10)17-13(14)16-11/h3-6H,1-2H3,(H2,14,16,17). The number of hydrogen-bond donors (Lipinski definition) is 1. The van der Waals surface area contributed by atoms with Crippen LogP contribution in [-0.2, 0) is 0 Å². The molecule has 0 radical (unpaired) electrons. The van der Waals surface area contributed by atoms with Gasteiger partial charge in [0.2, 0.25) is 11.8 Å². The Balaban J connectivity index is 2.06. The predicted molar refractivity (Wildman–Crippen MR) is 75.6 cm³/mol. The third kappa shape index (κ3) is 2.34. The van der Waals surface area contributed by atoms with Crippen LogP contribution in [0.2, 0.25) is 0 Å². The molecule has 0 fully saturated rings. The Morgan fingerprint density at radius 2 is 2.05 bits per heavy atom. The minimum absolute atomic E-state index is 0.212. The van der Waals surface area contributed by atoms with Crippen LogP contribution in [0.15, 0.2) is 24.4 Å². The average molecular weight is 272 g/mol. The molecule has 0 aliphatic heterocycles. The van der Waals surface area contributed by atoms with Crippen molar-refractivity contribution < 1.29 is 4.74 Å². The topological polar surface area (TPSA) is 73.9 Å². The maximum Gasteiger partial charge on any atom is 0.232 e. The first kappa shape index (κ1) is 11.9. The lowest BCUT2D eigenvalue weighted by atomic mass is 10.3. The lowest BCUT2D eigenvalue weighted by Gasteiger charge is -2.06. The van der Waals surface area contributed by atoms with Gasteiger partial charge >= 0.3 is 0 Å². The van der Waals surface area contributed by atoms with Crippen molar-refractivity contribution in [3.8, 4) is 11.6 Å². The van der Waals surface area contributed by atoms with Crippen molar-refractivity contribution in [2.75, 3.05) is 5.73 Å². The first-order valence-corrected chi connectivity index (χ1v) is 6.57. The summed E-state index contributed by atoms with van der Waals surface area (Å²) in [5, 5.41) is 0.872. The molecule has 0 aliphatic rings. The molecule has 0 saturated carbocycles. The van der Waals surface area contributed by atoms with E-state index in [2.05, 4.69) is 15.0 Å². The summed E-state index contributed by atoms with van der Waals surface area (Å²) in [6.45, 7) is 3.94. The van der Waals surface area contributed by atoms with Crippen molar-refractivity contribution in [3.05, 3.63) is 35.0 Å². The van der Waals surface area contributed by atoms with E-state index in [9.17, 15) is 0 Å². The highest BCUT2D eigenvalue weighted by Crippen LogP contribution is 2.32. The smallest absolute Gasteiger partial charge is 0.232 e. The first-order valence-electron chi connectivity index (χ1n) is 5.76. The Labute approximate surface area is 114 Å². The van der Waals surface area contributed by atoms with Gasteiger partial charge in [-0.15, -0.1) is 11.3 Å². The normalized spacial score (nSPS) is 10.8. The second-order valence-corrected chi connectivity index (χ2v) is 5.43. The number of aromatic nitrogens is 3. The summed E-state index contributed by atoms with van der Waals surface area (Å²) in [6, 6.07) is 5.73. The van der Waals surface area contributed by atoms with Crippen LogP contribution in [-0.4, -0.2) is 15.0 Å². The number of rotatable bonds is 2. The molecule has 3 aromatic heterocycles. The number of hydrogen-bond acceptors (Lipinski definition) is 6. The molecule has 0 spiro atoms. The van der Waals surface area contributed by atoms with Crippen molar-refractivity contribution in [3.63, 3.8) is 0 Å². The van der Waals surface area contributed by atoms with Gasteiger partial charge in [0.15, 0.2) is 0 Å². The molecule has 0 unspecified atom stereocenters. The van der Waals surface area contributed by atoms with Crippen LogP contribution in [0.5, 0.6) is 11.6 Å². The molecule has 0 bridgehead atoms. The zero-order chi connectivity index (χ0) is 13.4. The van der Waals surface area contributed by atoms with Crippen LogP contribution < -0.4 is 10.5 Å². The minimum atomic E-state index is 0.212. The molecule has 0 saturated heterocycles. The van der Waals surface area contributed by atoms with Gasteiger partial charge in [0, 0.05) is 10.6 Å². The average Bonchev–Trinajstić information content (AvgIpc) is 2.72. The van der Waals surface area contributed by atoms with E-state index in [-0.39, 0.29) is 5.95 Å². The summed E-state index contributed by atoms with van der Waals surface area (Å²) in [5.41, 5.74) is 6.64. The molecule has 5 nitrogen and oxygen atoms in total. The minimum Gasteiger partial charge on any atom is -0.437 e. The number of nitrogens with two attached hydrogens (primary N) is 1. The maximum absolute atomic E-state index is 5.75. The van der Waals surface area contributed by atoms with E-state index in [4.69, 9.17) is 10.5 Å². The molecule has 3 heterocycles. The number of anilines is 1. The van der Waals surface area contributed by atoms with Crippen LogP contribution in [0, 0.1) is 13.8 Å². The number of nitrogens with zero attached hydrogens (tertiary/aromatic N) is 3. The van der Waals surface area contributed by atoms with Crippen molar-refractivity contribution in [2.45, 2.75) is 13.8 Å². The van der Waals surface area contributed by atoms with Gasteiger partial charge in [0.1, 0.15) is 10.6 Å². The van der Waals surface area contributed by atoms with E-state index in [1.807, 2.05) is 32.0 Å². The van der Waals surface area contributed by atoms with Gasteiger partial charge in [-0.2, -0.15) is 4.98 Å². The Morgan fingerprint density at radius 1 is 1.21 bits per heavy atom. The molecule has 6 heteroatoms. The summed E-state index contributed by atoms with van der Waals surface area (Å²) in [7, 11) is 0. The molecule has 0 atom stereocenters. The highest BCUT2D eigenvalue weighted by atomic mass is 32.1. The van der Waals surface area contributed by atoms with Crippen LogP contribution >= 0.6 is 11.3 Å². The van der Waals surface area contributed by atoms with Crippen molar-refractivity contribution in [1.82, 2.24) is 15.0 Å². The summed E-state index contributed by atoms with van der Waals surface area (Å²) in [5.74, 6) is 1.32. The van der Waals surface area contributed by atoms with Gasteiger partial charge < -0.3 is 10.5 Å². The lowest BCUT2D eigenvalue weighted by molar-refractivity contribution is 0.467. The maximum atomic E-state index is 5.75. The summed E-state index contributed by atoms with van der Waals surface area (Å²) < 4.78 is 5.75. The second-order valence-electron chi connectivity index (χ2n) is 4.20. The van der Waals surface area contributed by atoms with Crippen molar-refractivity contribution in [1.29, 1.82) is 0 Å². The summed E-state index contributed by atoms with van der Waals surface area (Å²) in [4.78, 5) is 14.5. The predicted octanol–water partition coefficient (Wildman–Crippen LogP) is 3.08. The quantitative estimate of drug-likeness (QED) is 0.776. The zero-order valence-corrected chi connectivity index (χ0v) is 11.4. The Bertz CT molecular complexity index is 736. The van der Waals surface area contributed by atoms with E-state index in [0.717, 1.165) is 20.8 Å². The number of thiophene rings is 1. The second kappa shape index (κ2) is 4.47. The van der Waals surface area contributed by atoms with Gasteiger partial charge in [-0.05, 0) is 32.0 Å². The van der Waals surface area contributed by atoms with E-state index < -0.39 is 0 Å². The van der Waals surface area contributed by atoms with Crippen LogP contribution in [0.3, 0.4) is 0 Å². The monoisotopic (exact) mass is 272 g/mol. The molecule has 0 aliphatic carbocycles. The molecule has 3 rings (SSSR count). The molecule has 96 valence electrons. The molecule has 0 aromatic carbocycles. The van der Waals surface area contributed by atoms with Gasteiger partial charge in [-0.1, -0.05) is 0 Å². The van der Waals surface area contributed by atoms with E-state index >= 15 is 0 Å². The van der Waals surface area contributed by atoms with Crippen LogP contribution in [0.25, 0.3) is 10.2 Å². The zero-order valence-electron chi connectivity index (χ0n) is 10.5. The largest absolute Gasteiger partial charge is 0.437 e. The molecule has 2 N–H and O–H groups in total. The fourth-order valence-corrected chi connectivity index (χ4v) is 2.61. The SMILES string of the molecule is Cc1ccc(Oc2nc(N)nc3sc(C)cc23)cn1. The van der Waals surface area contributed by atoms with Crippen molar-refractivity contribution >= 4 is 27.5 Å². The van der Waals surface area contributed by atoms with Crippen LogP contribution in [0.4, 0.5) is 5.95 Å². The summed E-state index contributed by atoms with van der Waals surface area (Å²) >= 11 is 1.57. The van der Waals surface area contributed by atoms with Gasteiger partial charge in [-0.25, -0.2) is 4.98 Å². The summed E-state index contributed by atoms with van der Waals surface area (Å²) in [6.07, 6.45) is 1.67. The van der Waals surface area contributed by atoms with Gasteiger partial charge in [0.25, 0.3) is 0 Å². The van der Waals surface area contributed by atoms with Crippen molar-refractivity contribution in [2.24, 2.45) is 0 Å². The third-order valence-electron chi connectivity index (χ3n) is 2.60. The first-order chi connectivity index (χ1) is 9.11. The number of aryl methyl sites for hydroxylation is 2. The van der Waals surface area contributed by atoms with E-state index in [0.29, 0.717) is 11.6 Å². The lowest BCUT2D eigenvalue weighted by Crippen LogP contribution is -1.97. The molecule has 19 heavy (non-hydrogen) atoms. The molecular formula is C13H12N4OS. The Hall–Kier alpha value is -2.21. The number of fused-ring (bicyclic) bond motifs is 1. The van der Waals surface area contributed by atoms with Gasteiger partial charge in [-0.3, -0.25) is 4.98 Å². The van der Waals surface area contributed by atoms with Crippen LogP contribution in [0.1, 0.15) is 10.6 Å². The van der Waals surface area contributed by atoms with E-state index in [1.165, 1.54) is 0 Å². The fourth-order valence-electron chi connectivity index (χ4n) is 1.74. The number of ether oxygens (including phenoxy) is 1. The number of pyridine rings is 1.